The van der Waals surface area contributed by atoms with Crippen molar-refractivity contribution in [3.8, 4) is 23.7 Å². The maximum absolute atomic E-state index is 3.21. The summed E-state index contributed by atoms with van der Waals surface area (Å²) < 4.78 is 0. The molecule has 0 nitrogen and oxygen atoms in total. The van der Waals surface area contributed by atoms with Gasteiger partial charge in [-0.2, -0.15) is 0 Å². The summed E-state index contributed by atoms with van der Waals surface area (Å²) in [4.78, 5) is 0. The lowest BCUT2D eigenvalue weighted by Crippen LogP contribution is -1.73. The third-order valence-electron chi connectivity index (χ3n) is 1.46. The monoisotopic (exact) mass is 226 g/mol. The molecule has 0 aromatic rings. The second-order valence-corrected chi connectivity index (χ2v) is 3.11. The zero-order valence-corrected chi connectivity index (χ0v) is 9.21. The van der Waals surface area contributed by atoms with Crippen molar-refractivity contribution in [2.45, 2.75) is 39.0 Å². The van der Waals surface area contributed by atoms with E-state index < -0.39 is 0 Å². The van der Waals surface area contributed by atoms with Crippen molar-refractivity contribution in [1.82, 2.24) is 0 Å². The van der Waals surface area contributed by atoms with Gasteiger partial charge in [0, 0.05) is 6.42 Å². The first-order valence-corrected chi connectivity index (χ1v) is 5.55. The van der Waals surface area contributed by atoms with Gasteiger partial charge in [0.15, 0.2) is 0 Å². The molecule has 0 saturated carbocycles. The molecule has 0 aliphatic rings. The smallest absolute Gasteiger partial charge is 0.0655 e. The van der Waals surface area contributed by atoms with Gasteiger partial charge in [0.1, 0.15) is 0 Å². The van der Waals surface area contributed by atoms with Gasteiger partial charge < -0.3 is 0 Å². The maximum atomic E-state index is 3.21. The van der Waals surface area contributed by atoms with Crippen LogP contribution in [0.2, 0.25) is 0 Å². The third-order valence-corrected chi connectivity index (χ3v) is 1.74. The highest BCUT2D eigenvalue weighted by Gasteiger charge is 1.82. The summed E-state index contributed by atoms with van der Waals surface area (Å²) in [5.41, 5.74) is 0. The Morgan fingerprint density at radius 2 is 1.75 bits per heavy atom. The lowest BCUT2D eigenvalue weighted by molar-refractivity contribution is 0.680. The van der Waals surface area contributed by atoms with E-state index in [9.17, 15) is 0 Å². The minimum atomic E-state index is 0.720. The standard InChI is InChI=1S/C11H15Br/c1-2-3-4-5-6-7-8-9-10-11-12/h2-6,11H2,1H3. The van der Waals surface area contributed by atoms with Crippen LogP contribution >= 0.6 is 15.9 Å². The molecule has 66 valence electrons. The van der Waals surface area contributed by atoms with Crippen LogP contribution in [0.5, 0.6) is 0 Å². The molecule has 0 saturated heterocycles. The van der Waals surface area contributed by atoms with Gasteiger partial charge in [0.25, 0.3) is 0 Å². The van der Waals surface area contributed by atoms with Gasteiger partial charge in [0.05, 0.1) is 5.33 Å². The van der Waals surface area contributed by atoms with Crippen molar-refractivity contribution in [2.75, 3.05) is 5.33 Å². The molecule has 1 heteroatoms. The van der Waals surface area contributed by atoms with E-state index in [0.717, 1.165) is 11.8 Å². The van der Waals surface area contributed by atoms with E-state index in [1.807, 2.05) is 0 Å². The third kappa shape index (κ3) is 9.60. The summed E-state index contributed by atoms with van der Waals surface area (Å²) in [5.74, 6) is 11.5. The van der Waals surface area contributed by atoms with Gasteiger partial charge in [-0.05, 0) is 18.3 Å². The van der Waals surface area contributed by atoms with Crippen molar-refractivity contribution in [1.29, 1.82) is 0 Å². The molecule has 0 bridgehead atoms. The van der Waals surface area contributed by atoms with Crippen molar-refractivity contribution in [2.24, 2.45) is 0 Å². The summed E-state index contributed by atoms with van der Waals surface area (Å²) in [7, 11) is 0. The normalized spacial score (nSPS) is 7.83. The Hall–Kier alpha value is -0.400. The van der Waals surface area contributed by atoms with Crippen LogP contribution in [0.25, 0.3) is 0 Å². The summed E-state index contributed by atoms with van der Waals surface area (Å²) >= 11 is 3.21. The minimum absolute atomic E-state index is 0.720. The van der Waals surface area contributed by atoms with Gasteiger partial charge in [-0.1, -0.05) is 54.0 Å². The molecule has 0 amide bonds. The lowest BCUT2D eigenvalue weighted by atomic mass is 10.2. The summed E-state index contributed by atoms with van der Waals surface area (Å²) in [5, 5.41) is 0.720. The second kappa shape index (κ2) is 10.6. The largest absolute Gasteiger partial charge is 0.0891 e. The molecule has 0 rings (SSSR count). The van der Waals surface area contributed by atoms with Gasteiger partial charge in [0.2, 0.25) is 0 Å². The molecule has 0 aliphatic carbocycles. The lowest BCUT2D eigenvalue weighted by Gasteiger charge is -1.90. The zero-order chi connectivity index (χ0) is 9.07. The molecule has 0 aliphatic heterocycles. The summed E-state index contributed by atoms with van der Waals surface area (Å²) in [6, 6.07) is 0. The fourth-order valence-corrected chi connectivity index (χ4v) is 0.965. The van der Waals surface area contributed by atoms with Crippen LogP contribution in [0, 0.1) is 23.7 Å². The number of unbranched alkanes of at least 4 members (excludes halogenated alkanes) is 4. The highest BCUT2D eigenvalue weighted by Crippen LogP contribution is 2.00. The van der Waals surface area contributed by atoms with Gasteiger partial charge >= 0.3 is 0 Å². The Morgan fingerprint density at radius 3 is 2.42 bits per heavy atom. The zero-order valence-electron chi connectivity index (χ0n) is 7.62. The Kier molecular flexibility index (Phi) is 10.2. The first-order chi connectivity index (χ1) is 5.91. The van der Waals surface area contributed by atoms with Crippen LogP contribution in [0.4, 0.5) is 0 Å². The second-order valence-electron chi connectivity index (χ2n) is 2.55. The first-order valence-electron chi connectivity index (χ1n) is 4.43. The van der Waals surface area contributed by atoms with Crippen molar-refractivity contribution < 1.29 is 0 Å². The van der Waals surface area contributed by atoms with Crippen LogP contribution in [0.15, 0.2) is 0 Å². The molecule has 0 N–H and O–H groups in total. The average Bonchev–Trinajstić information content (AvgIpc) is 2.10. The Morgan fingerprint density at radius 1 is 1.00 bits per heavy atom. The summed E-state index contributed by atoms with van der Waals surface area (Å²) in [6.07, 6.45) is 6.14. The minimum Gasteiger partial charge on any atom is -0.0891 e. The van der Waals surface area contributed by atoms with E-state index in [1.54, 1.807) is 0 Å². The van der Waals surface area contributed by atoms with Crippen molar-refractivity contribution >= 4 is 15.9 Å². The van der Waals surface area contributed by atoms with Crippen LogP contribution in [-0.2, 0) is 0 Å². The fourth-order valence-electron chi connectivity index (χ4n) is 0.824. The van der Waals surface area contributed by atoms with E-state index in [-0.39, 0.29) is 0 Å². The topological polar surface area (TPSA) is 0 Å². The molecule has 12 heavy (non-hydrogen) atoms. The van der Waals surface area contributed by atoms with E-state index in [0.29, 0.717) is 0 Å². The molecule has 0 heterocycles. The predicted octanol–water partition coefficient (Wildman–Crippen LogP) is 3.36. The van der Waals surface area contributed by atoms with E-state index in [1.165, 1.54) is 25.7 Å². The molecular weight excluding hydrogens is 212 g/mol. The molecule has 0 aromatic heterocycles. The Bertz CT molecular complexity index is 197. The van der Waals surface area contributed by atoms with Crippen molar-refractivity contribution in [3.63, 3.8) is 0 Å². The fraction of sp³-hybridized carbons (Fsp3) is 0.636. The van der Waals surface area contributed by atoms with E-state index >= 15 is 0 Å². The van der Waals surface area contributed by atoms with Gasteiger partial charge in [-0.3, -0.25) is 0 Å². The van der Waals surface area contributed by atoms with Gasteiger partial charge in [-0.15, -0.1) is 0 Å². The highest BCUT2D eigenvalue weighted by molar-refractivity contribution is 9.09. The summed E-state index contributed by atoms with van der Waals surface area (Å²) in [6.45, 7) is 2.22. The van der Waals surface area contributed by atoms with Crippen LogP contribution < -0.4 is 0 Å². The molecular formula is C11H15Br. The number of hydrogen-bond donors (Lipinski definition) is 0. The number of rotatable bonds is 4. The number of hydrogen-bond acceptors (Lipinski definition) is 0. The average molecular weight is 227 g/mol. The highest BCUT2D eigenvalue weighted by atomic mass is 79.9. The Labute approximate surface area is 84.3 Å². The van der Waals surface area contributed by atoms with E-state index in [4.69, 9.17) is 0 Å². The van der Waals surface area contributed by atoms with Crippen LogP contribution in [0.3, 0.4) is 0 Å². The quantitative estimate of drug-likeness (QED) is 0.392. The van der Waals surface area contributed by atoms with Crippen LogP contribution in [-0.4, -0.2) is 5.33 Å². The van der Waals surface area contributed by atoms with Crippen LogP contribution in [0.1, 0.15) is 39.0 Å². The molecule has 0 spiro atoms. The Balaban J connectivity index is 3.21. The SMILES string of the molecule is CCCCCCC#CC#CCBr. The van der Waals surface area contributed by atoms with Gasteiger partial charge in [-0.25, -0.2) is 0 Å². The maximum Gasteiger partial charge on any atom is 0.0655 e. The first kappa shape index (κ1) is 11.6. The molecule has 0 fully saturated rings. The molecule has 0 radical (unpaired) electrons. The number of alkyl halides is 1. The van der Waals surface area contributed by atoms with Crippen molar-refractivity contribution in [3.05, 3.63) is 0 Å². The predicted molar refractivity (Wildman–Crippen MR) is 58.1 cm³/mol. The van der Waals surface area contributed by atoms with E-state index in [2.05, 4.69) is 46.5 Å². The molecule has 0 unspecified atom stereocenters. The molecule has 0 atom stereocenters. The number of halogens is 1. The molecule has 0 aromatic carbocycles.